The number of para-hydroxylation sites is 1. The Balaban J connectivity index is 1.94. The Kier molecular flexibility index (Phi) is 5.92. The van der Waals surface area contributed by atoms with Gasteiger partial charge in [-0.3, -0.25) is 0 Å². The van der Waals surface area contributed by atoms with Crippen LogP contribution in [0.25, 0.3) is 11.1 Å². The molecular weight excluding hydrogens is 372 g/mol. The molecule has 28 heavy (non-hydrogen) atoms. The van der Waals surface area contributed by atoms with Gasteiger partial charge in [0.1, 0.15) is 30.2 Å². The summed E-state index contributed by atoms with van der Waals surface area (Å²) in [5.41, 5.74) is 0.931. The van der Waals surface area contributed by atoms with Crippen molar-refractivity contribution in [1.82, 2.24) is 0 Å². The molecule has 0 radical (unpaired) electrons. The topological polar surface area (TPSA) is 149 Å². The molecule has 0 bridgehead atoms. The maximum Gasteiger partial charge on any atom is 0.229 e. The quantitative estimate of drug-likeness (QED) is 0.384. The van der Waals surface area contributed by atoms with Crippen LogP contribution in [0.15, 0.2) is 36.4 Å². The number of phenolic OH excluding ortho intramolecular Hbond substituents is 2. The van der Waals surface area contributed by atoms with Gasteiger partial charge in [-0.1, -0.05) is 18.2 Å². The Morgan fingerprint density at radius 2 is 1.68 bits per heavy atom. The van der Waals surface area contributed by atoms with E-state index < -0.39 is 48.8 Å². The van der Waals surface area contributed by atoms with Crippen molar-refractivity contribution in [3.05, 3.63) is 36.4 Å². The normalized spacial score (nSPS) is 27.4. The molecule has 0 aromatic heterocycles. The van der Waals surface area contributed by atoms with Gasteiger partial charge >= 0.3 is 0 Å². The molecule has 2 aromatic carbocycles. The Morgan fingerprint density at radius 3 is 2.36 bits per heavy atom. The summed E-state index contributed by atoms with van der Waals surface area (Å²) in [6, 6.07) is 9.43. The molecule has 1 aliphatic heterocycles. The highest BCUT2D eigenvalue weighted by Gasteiger charge is 2.44. The van der Waals surface area contributed by atoms with Gasteiger partial charge in [-0.2, -0.15) is 0 Å². The van der Waals surface area contributed by atoms with Crippen molar-refractivity contribution < 1.29 is 44.8 Å². The van der Waals surface area contributed by atoms with E-state index in [4.69, 9.17) is 14.2 Å². The van der Waals surface area contributed by atoms with Crippen molar-refractivity contribution in [3.63, 3.8) is 0 Å². The van der Waals surface area contributed by atoms with Crippen LogP contribution < -0.4 is 9.47 Å². The minimum Gasteiger partial charge on any atom is -0.504 e. The lowest BCUT2D eigenvalue weighted by Gasteiger charge is -2.39. The molecule has 1 heterocycles. The van der Waals surface area contributed by atoms with Crippen LogP contribution in [-0.4, -0.2) is 75.1 Å². The molecule has 0 saturated carbocycles. The molecule has 1 fully saturated rings. The SMILES string of the molecule is COc1cc(-c2ccccc2OC2OC(CO)C(O)C(O)C2O)cc(O)c1O. The molecule has 1 saturated heterocycles. The van der Waals surface area contributed by atoms with Crippen molar-refractivity contribution in [2.45, 2.75) is 30.7 Å². The lowest BCUT2D eigenvalue weighted by atomic mass is 9.99. The summed E-state index contributed by atoms with van der Waals surface area (Å²) in [5, 5.41) is 59.0. The zero-order valence-corrected chi connectivity index (χ0v) is 15.0. The highest BCUT2D eigenvalue weighted by atomic mass is 16.7. The van der Waals surface area contributed by atoms with E-state index in [2.05, 4.69) is 0 Å². The van der Waals surface area contributed by atoms with Crippen molar-refractivity contribution in [2.24, 2.45) is 0 Å². The highest BCUT2D eigenvalue weighted by Crippen LogP contribution is 2.42. The summed E-state index contributed by atoms with van der Waals surface area (Å²) in [5.74, 6) is -0.507. The molecule has 3 rings (SSSR count). The van der Waals surface area contributed by atoms with Crippen LogP contribution in [0.4, 0.5) is 0 Å². The van der Waals surface area contributed by atoms with Crippen LogP contribution in [0.5, 0.6) is 23.0 Å². The second kappa shape index (κ2) is 8.21. The standard InChI is InChI=1S/C19H22O9/c1-26-13-7-9(6-11(21)15(13)22)10-4-2-3-5-12(10)27-19-18(25)17(24)16(23)14(8-20)28-19/h2-7,14,16-25H,8H2,1H3. The molecule has 152 valence electrons. The van der Waals surface area contributed by atoms with Crippen molar-refractivity contribution in [1.29, 1.82) is 0 Å². The van der Waals surface area contributed by atoms with Crippen molar-refractivity contribution >= 4 is 0 Å². The fraction of sp³-hybridized carbons (Fsp3) is 0.368. The fourth-order valence-electron chi connectivity index (χ4n) is 3.00. The molecule has 2 aromatic rings. The Hall–Kier alpha value is -2.56. The lowest BCUT2D eigenvalue weighted by Crippen LogP contribution is -2.60. The second-order valence-corrected chi connectivity index (χ2v) is 6.36. The molecule has 0 spiro atoms. The number of benzene rings is 2. The average Bonchev–Trinajstić information content (AvgIpc) is 2.70. The third-order valence-corrected chi connectivity index (χ3v) is 4.56. The summed E-state index contributed by atoms with van der Waals surface area (Å²) in [6.07, 6.45) is -7.08. The Labute approximate surface area is 160 Å². The van der Waals surface area contributed by atoms with Crippen LogP contribution in [-0.2, 0) is 4.74 Å². The molecule has 9 nitrogen and oxygen atoms in total. The van der Waals surface area contributed by atoms with E-state index in [1.54, 1.807) is 24.3 Å². The number of methoxy groups -OCH3 is 1. The fourth-order valence-corrected chi connectivity index (χ4v) is 3.00. The second-order valence-electron chi connectivity index (χ2n) is 6.36. The van der Waals surface area contributed by atoms with E-state index in [9.17, 15) is 30.6 Å². The van der Waals surface area contributed by atoms with Gasteiger partial charge in [-0.15, -0.1) is 0 Å². The number of aromatic hydroxyl groups is 2. The van der Waals surface area contributed by atoms with E-state index in [1.165, 1.54) is 19.2 Å². The molecule has 0 amide bonds. The first-order valence-electron chi connectivity index (χ1n) is 8.54. The number of rotatable bonds is 5. The van der Waals surface area contributed by atoms with Crippen LogP contribution in [0, 0.1) is 0 Å². The first-order valence-corrected chi connectivity index (χ1v) is 8.54. The minimum absolute atomic E-state index is 0.0534. The summed E-state index contributed by atoms with van der Waals surface area (Å²) >= 11 is 0. The molecule has 6 N–H and O–H groups in total. The van der Waals surface area contributed by atoms with Crippen molar-refractivity contribution in [2.75, 3.05) is 13.7 Å². The third kappa shape index (κ3) is 3.71. The predicted octanol–water partition coefficient (Wildman–Crippen LogP) is -0.0479. The van der Waals surface area contributed by atoms with Gasteiger partial charge in [0.15, 0.2) is 11.5 Å². The number of phenols is 2. The van der Waals surface area contributed by atoms with Gasteiger partial charge in [0.05, 0.1) is 13.7 Å². The van der Waals surface area contributed by atoms with Crippen molar-refractivity contribution in [3.8, 4) is 34.1 Å². The van der Waals surface area contributed by atoms with Crippen LogP contribution in [0.2, 0.25) is 0 Å². The number of aliphatic hydroxyl groups excluding tert-OH is 4. The third-order valence-electron chi connectivity index (χ3n) is 4.56. The minimum atomic E-state index is -1.57. The zero-order valence-electron chi connectivity index (χ0n) is 15.0. The van der Waals surface area contributed by atoms with Gasteiger partial charge in [-0.25, -0.2) is 0 Å². The summed E-state index contributed by atoms with van der Waals surface area (Å²) in [6.45, 7) is -0.574. The lowest BCUT2D eigenvalue weighted by molar-refractivity contribution is -0.277. The molecular formula is C19H22O9. The van der Waals surface area contributed by atoms with Crippen LogP contribution in [0.3, 0.4) is 0 Å². The van der Waals surface area contributed by atoms with E-state index >= 15 is 0 Å². The number of hydrogen-bond donors (Lipinski definition) is 6. The Morgan fingerprint density at radius 1 is 0.964 bits per heavy atom. The number of hydrogen-bond acceptors (Lipinski definition) is 9. The van der Waals surface area contributed by atoms with Gasteiger partial charge in [-0.05, 0) is 23.8 Å². The van der Waals surface area contributed by atoms with E-state index in [0.717, 1.165) is 0 Å². The van der Waals surface area contributed by atoms with Gasteiger partial charge in [0.2, 0.25) is 12.0 Å². The summed E-state index contributed by atoms with van der Waals surface area (Å²) in [7, 11) is 1.34. The van der Waals surface area contributed by atoms with E-state index in [-0.39, 0.29) is 11.5 Å². The highest BCUT2D eigenvalue weighted by molar-refractivity contribution is 5.75. The maximum atomic E-state index is 10.2. The van der Waals surface area contributed by atoms with Crippen LogP contribution in [0.1, 0.15) is 0 Å². The smallest absolute Gasteiger partial charge is 0.229 e. The summed E-state index contributed by atoms with van der Waals surface area (Å²) in [4.78, 5) is 0. The molecule has 9 heteroatoms. The van der Waals surface area contributed by atoms with Crippen LogP contribution >= 0.6 is 0 Å². The van der Waals surface area contributed by atoms with Gasteiger partial charge in [0.25, 0.3) is 0 Å². The first kappa shape index (κ1) is 20.2. The largest absolute Gasteiger partial charge is 0.504 e. The van der Waals surface area contributed by atoms with Gasteiger partial charge in [0, 0.05) is 5.56 Å². The molecule has 0 aliphatic carbocycles. The first-order chi connectivity index (χ1) is 13.4. The van der Waals surface area contributed by atoms with E-state index in [1.807, 2.05) is 0 Å². The predicted molar refractivity (Wildman–Crippen MR) is 96.2 cm³/mol. The average molecular weight is 394 g/mol. The maximum absolute atomic E-state index is 10.2. The summed E-state index contributed by atoms with van der Waals surface area (Å²) < 4.78 is 16.1. The molecule has 5 atom stereocenters. The Bertz CT molecular complexity index is 823. The van der Waals surface area contributed by atoms with Gasteiger partial charge < -0.3 is 44.8 Å². The zero-order chi connectivity index (χ0) is 20.4. The number of aliphatic hydroxyl groups is 4. The monoisotopic (exact) mass is 394 g/mol. The number of ether oxygens (including phenoxy) is 3. The van der Waals surface area contributed by atoms with E-state index in [0.29, 0.717) is 11.1 Å². The molecule has 5 unspecified atom stereocenters. The molecule has 1 aliphatic rings.